The lowest BCUT2D eigenvalue weighted by atomic mass is 10.1. The van der Waals surface area contributed by atoms with Crippen LogP contribution in [0.1, 0.15) is 32.1 Å². The van der Waals surface area contributed by atoms with Gasteiger partial charge >= 0.3 is 6.03 Å². The molecule has 2 heterocycles. The molecule has 0 bridgehead atoms. The van der Waals surface area contributed by atoms with E-state index >= 15 is 0 Å². The van der Waals surface area contributed by atoms with Crippen LogP contribution in [-0.4, -0.2) is 59.9 Å². The van der Waals surface area contributed by atoms with Gasteiger partial charge in [-0.25, -0.2) is 4.79 Å². The Labute approximate surface area is 174 Å². The number of hydrogen-bond donors (Lipinski definition) is 2. The molecule has 2 aliphatic heterocycles. The van der Waals surface area contributed by atoms with Gasteiger partial charge in [-0.1, -0.05) is 23.2 Å². The molecule has 0 radical (unpaired) electrons. The molecule has 1 aromatic carbocycles. The number of nitrogens with zero attached hydrogens (tertiary/aromatic N) is 2. The van der Waals surface area contributed by atoms with E-state index in [1.54, 1.807) is 28.0 Å². The molecule has 28 heavy (non-hydrogen) atoms. The van der Waals surface area contributed by atoms with Crippen LogP contribution in [0.15, 0.2) is 18.2 Å². The number of likely N-dealkylation sites (tertiary alicyclic amines) is 2. The van der Waals surface area contributed by atoms with Crippen molar-refractivity contribution in [1.82, 2.24) is 15.1 Å². The van der Waals surface area contributed by atoms with Gasteiger partial charge in [-0.2, -0.15) is 0 Å². The maximum Gasteiger partial charge on any atom is 0.319 e. The highest BCUT2D eigenvalue weighted by molar-refractivity contribution is 6.42. The molecule has 0 saturated carbocycles. The highest BCUT2D eigenvalue weighted by Crippen LogP contribution is 2.25. The molecule has 7 nitrogen and oxygen atoms in total. The maximum absolute atomic E-state index is 12.9. The number of carbonyl (C=O) groups excluding carboxylic acids is 3. The Morgan fingerprint density at radius 2 is 1.75 bits per heavy atom. The van der Waals surface area contributed by atoms with Gasteiger partial charge in [0, 0.05) is 25.3 Å². The van der Waals surface area contributed by atoms with Gasteiger partial charge in [0.25, 0.3) is 0 Å². The Kier molecular flexibility index (Phi) is 7.02. The van der Waals surface area contributed by atoms with E-state index in [1.165, 1.54) is 0 Å². The third-order valence-corrected chi connectivity index (χ3v) is 5.79. The van der Waals surface area contributed by atoms with Gasteiger partial charge < -0.3 is 20.4 Å². The second kappa shape index (κ2) is 9.47. The summed E-state index contributed by atoms with van der Waals surface area (Å²) in [5.74, 6) is -0.235. The first kappa shape index (κ1) is 20.7. The molecule has 1 atom stereocenters. The van der Waals surface area contributed by atoms with E-state index in [2.05, 4.69) is 10.6 Å². The molecule has 0 aliphatic carbocycles. The minimum absolute atomic E-state index is 0.0215. The monoisotopic (exact) mass is 426 g/mol. The molecule has 9 heteroatoms. The zero-order chi connectivity index (χ0) is 20.1. The van der Waals surface area contributed by atoms with Crippen LogP contribution in [0, 0.1) is 0 Å². The first-order chi connectivity index (χ1) is 13.4. The number of nitrogens with one attached hydrogen (secondary N) is 2. The number of anilines is 1. The zero-order valence-electron chi connectivity index (χ0n) is 15.5. The lowest BCUT2D eigenvalue weighted by Gasteiger charge is -2.26. The van der Waals surface area contributed by atoms with Crippen molar-refractivity contribution in [2.45, 2.75) is 38.1 Å². The third kappa shape index (κ3) is 5.29. The van der Waals surface area contributed by atoms with E-state index in [-0.39, 0.29) is 18.4 Å². The summed E-state index contributed by atoms with van der Waals surface area (Å²) in [4.78, 5) is 41.0. The minimum Gasteiger partial charge on any atom is -0.341 e. The normalized spacial score (nSPS) is 20.1. The van der Waals surface area contributed by atoms with Gasteiger partial charge in [0.2, 0.25) is 11.8 Å². The number of hydrogen-bond acceptors (Lipinski definition) is 3. The predicted molar refractivity (Wildman–Crippen MR) is 109 cm³/mol. The van der Waals surface area contributed by atoms with Crippen LogP contribution < -0.4 is 10.6 Å². The van der Waals surface area contributed by atoms with Gasteiger partial charge in [0.05, 0.1) is 16.6 Å². The molecule has 3 rings (SSSR count). The summed E-state index contributed by atoms with van der Waals surface area (Å²) in [7, 11) is 0. The molecule has 2 N–H and O–H groups in total. The summed E-state index contributed by atoms with van der Waals surface area (Å²) in [6.07, 6.45) is 4.18. The first-order valence-electron chi connectivity index (χ1n) is 9.53. The van der Waals surface area contributed by atoms with E-state index in [1.807, 2.05) is 0 Å². The van der Waals surface area contributed by atoms with Crippen molar-refractivity contribution in [3.63, 3.8) is 0 Å². The van der Waals surface area contributed by atoms with Crippen LogP contribution in [-0.2, 0) is 9.59 Å². The van der Waals surface area contributed by atoms with E-state index in [9.17, 15) is 14.4 Å². The third-order valence-electron chi connectivity index (χ3n) is 5.05. The van der Waals surface area contributed by atoms with Crippen molar-refractivity contribution in [3.05, 3.63) is 28.2 Å². The standard InChI is InChI=1S/C19H24Cl2N4O3/c20-14-7-6-13(11-15(14)21)22-19(28)23-16-5-1-2-10-25(18(16)27)12-17(26)24-8-3-4-9-24/h6-7,11,16H,1-5,8-10,12H2,(H2,22,23,28). The number of urea groups is 1. The number of carbonyl (C=O) groups is 3. The van der Waals surface area contributed by atoms with Crippen molar-refractivity contribution in [1.29, 1.82) is 0 Å². The Bertz CT molecular complexity index is 753. The lowest BCUT2D eigenvalue weighted by molar-refractivity contribution is -0.140. The minimum atomic E-state index is -0.656. The average Bonchev–Trinajstić information content (AvgIpc) is 3.15. The topological polar surface area (TPSA) is 81.8 Å². The fraction of sp³-hybridized carbons (Fsp3) is 0.526. The van der Waals surface area contributed by atoms with Crippen LogP contribution in [0.3, 0.4) is 0 Å². The van der Waals surface area contributed by atoms with E-state index < -0.39 is 12.1 Å². The van der Waals surface area contributed by atoms with Crippen LogP contribution in [0.4, 0.5) is 10.5 Å². The van der Waals surface area contributed by atoms with Gasteiger partial charge in [0.1, 0.15) is 6.04 Å². The average molecular weight is 427 g/mol. The largest absolute Gasteiger partial charge is 0.341 e. The number of amides is 4. The molecule has 2 aliphatic rings. The van der Waals surface area contributed by atoms with Gasteiger partial charge in [-0.15, -0.1) is 0 Å². The highest BCUT2D eigenvalue weighted by Gasteiger charge is 2.31. The van der Waals surface area contributed by atoms with Crippen LogP contribution in [0.25, 0.3) is 0 Å². The lowest BCUT2D eigenvalue weighted by Crippen LogP contribution is -2.51. The molecular weight excluding hydrogens is 403 g/mol. The second-order valence-corrected chi connectivity index (χ2v) is 7.94. The summed E-state index contributed by atoms with van der Waals surface area (Å²) in [6.45, 7) is 2.12. The number of rotatable bonds is 4. The van der Waals surface area contributed by atoms with Crippen molar-refractivity contribution in [3.8, 4) is 0 Å². The molecular formula is C19H24Cl2N4O3. The summed E-state index contributed by atoms with van der Waals surface area (Å²) in [5, 5.41) is 6.10. The van der Waals surface area contributed by atoms with Crippen LogP contribution in [0.2, 0.25) is 10.0 Å². The smallest absolute Gasteiger partial charge is 0.319 e. The van der Waals surface area contributed by atoms with E-state index in [0.717, 1.165) is 38.8 Å². The Hall–Kier alpha value is -1.99. The molecule has 2 fully saturated rings. The molecule has 0 aromatic heterocycles. The predicted octanol–water partition coefficient (Wildman–Crippen LogP) is 3.12. The zero-order valence-corrected chi connectivity index (χ0v) is 17.1. The van der Waals surface area contributed by atoms with Crippen LogP contribution >= 0.6 is 23.2 Å². The summed E-state index contributed by atoms with van der Waals surface area (Å²) >= 11 is 11.8. The fourth-order valence-electron chi connectivity index (χ4n) is 3.53. The Morgan fingerprint density at radius 1 is 1.04 bits per heavy atom. The Morgan fingerprint density at radius 3 is 2.46 bits per heavy atom. The van der Waals surface area contributed by atoms with E-state index in [0.29, 0.717) is 28.7 Å². The highest BCUT2D eigenvalue weighted by atomic mass is 35.5. The number of halogens is 2. The van der Waals surface area contributed by atoms with Crippen molar-refractivity contribution in [2.24, 2.45) is 0 Å². The summed E-state index contributed by atoms with van der Waals surface area (Å²) in [6, 6.07) is 3.60. The molecule has 1 unspecified atom stereocenters. The van der Waals surface area contributed by atoms with Gasteiger partial charge in [-0.05, 0) is 50.3 Å². The molecule has 1 aromatic rings. The van der Waals surface area contributed by atoms with Crippen molar-refractivity contribution >= 4 is 46.7 Å². The SMILES string of the molecule is O=C(Nc1ccc(Cl)c(Cl)c1)NC1CCCCN(CC(=O)N2CCCC2)C1=O. The first-order valence-corrected chi connectivity index (χ1v) is 10.3. The maximum atomic E-state index is 12.9. The van der Waals surface area contributed by atoms with Crippen LogP contribution in [0.5, 0.6) is 0 Å². The Balaban J connectivity index is 1.58. The fourth-order valence-corrected chi connectivity index (χ4v) is 3.82. The van der Waals surface area contributed by atoms with Crippen molar-refractivity contribution in [2.75, 3.05) is 31.5 Å². The van der Waals surface area contributed by atoms with Gasteiger partial charge in [-0.3, -0.25) is 9.59 Å². The molecule has 152 valence electrons. The second-order valence-electron chi connectivity index (χ2n) is 7.12. The van der Waals surface area contributed by atoms with Gasteiger partial charge in [0.15, 0.2) is 0 Å². The summed E-state index contributed by atoms with van der Waals surface area (Å²) < 4.78 is 0. The molecule has 2 saturated heterocycles. The van der Waals surface area contributed by atoms with E-state index in [4.69, 9.17) is 23.2 Å². The quantitative estimate of drug-likeness (QED) is 0.775. The molecule has 0 spiro atoms. The number of benzene rings is 1. The summed E-state index contributed by atoms with van der Waals surface area (Å²) in [5.41, 5.74) is 0.481. The van der Waals surface area contributed by atoms with Crippen molar-refractivity contribution < 1.29 is 14.4 Å². The molecule has 4 amide bonds.